The van der Waals surface area contributed by atoms with Gasteiger partial charge in [0.2, 0.25) is 5.91 Å². The highest BCUT2D eigenvalue weighted by molar-refractivity contribution is 6.30. The zero-order valence-electron chi connectivity index (χ0n) is 17.6. The zero-order valence-corrected chi connectivity index (χ0v) is 18.3. The van der Waals surface area contributed by atoms with Gasteiger partial charge in [-0.3, -0.25) is 14.5 Å². The quantitative estimate of drug-likeness (QED) is 0.769. The summed E-state index contributed by atoms with van der Waals surface area (Å²) in [6, 6.07) is 15.2. The standard InChI is InChI=1S/C24H28ClN3O3/c25-20-7-5-18(6-8-20)17-27-11-9-19(10-12-27)23(29)26-22-4-2-1-3-21(22)24(30)28-13-15-31-16-14-28/h1-8,19H,9-17H2,(H,26,29). The first-order chi connectivity index (χ1) is 15.1. The lowest BCUT2D eigenvalue weighted by Crippen LogP contribution is -2.41. The van der Waals surface area contributed by atoms with Crippen LogP contribution in [0.25, 0.3) is 0 Å². The van der Waals surface area contributed by atoms with Gasteiger partial charge in [-0.1, -0.05) is 35.9 Å². The number of likely N-dealkylation sites (tertiary alicyclic amines) is 1. The number of hydrogen-bond donors (Lipinski definition) is 1. The second-order valence-corrected chi connectivity index (χ2v) is 8.55. The molecule has 0 aromatic heterocycles. The van der Waals surface area contributed by atoms with Crippen LogP contribution in [0.15, 0.2) is 48.5 Å². The minimum absolute atomic E-state index is 0.00614. The fraction of sp³-hybridized carbons (Fsp3) is 0.417. The minimum Gasteiger partial charge on any atom is -0.378 e. The molecule has 2 heterocycles. The Hall–Kier alpha value is -2.41. The summed E-state index contributed by atoms with van der Waals surface area (Å²) in [4.78, 5) is 30.0. The highest BCUT2D eigenvalue weighted by Gasteiger charge is 2.27. The van der Waals surface area contributed by atoms with Crippen LogP contribution in [0.4, 0.5) is 5.69 Å². The Morgan fingerprint density at radius 2 is 1.65 bits per heavy atom. The fourth-order valence-corrected chi connectivity index (χ4v) is 4.28. The highest BCUT2D eigenvalue weighted by Crippen LogP contribution is 2.24. The summed E-state index contributed by atoms with van der Waals surface area (Å²) in [6.07, 6.45) is 1.61. The summed E-state index contributed by atoms with van der Waals surface area (Å²) in [6.45, 7) is 4.86. The molecule has 0 radical (unpaired) electrons. The molecule has 0 bridgehead atoms. The summed E-state index contributed by atoms with van der Waals surface area (Å²) in [5.41, 5.74) is 2.35. The molecule has 2 saturated heterocycles. The number of ether oxygens (including phenoxy) is 1. The first-order valence-corrected chi connectivity index (χ1v) is 11.2. The van der Waals surface area contributed by atoms with Gasteiger partial charge in [-0.25, -0.2) is 0 Å². The maximum atomic E-state index is 12.9. The van der Waals surface area contributed by atoms with Crippen LogP contribution >= 0.6 is 11.6 Å². The van der Waals surface area contributed by atoms with Gasteiger partial charge < -0.3 is 15.0 Å². The maximum Gasteiger partial charge on any atom is 0.256 e. The number of carbonyl (C=O) groups is 2. The molecule has 0 aliphatic carbocycles. The van der Waals surface area contributed by atoms with E-state index < -0.39 is 0 Å². The summed E-state index contributed by atoms with van der Waals surface area (Å²) in [5.74, 6) is -0.113. The number of nitrogens with zero attached hydrogens (tertiary/aromatic N) is 2. The largest absolute Gasteiger partial charge is 0.378 e. The van der Waals surface area contributed by atoms with Crippen molar-refractivity contribution in [3.8, 4) is 0 Å². The van der Waals surface area contributed by atoms with Crippen LogP contribution < -0.4 is 5.32 Å². The number of halogens is 1. The molecule has 0 saturated carbocycles. The Morgan fingerprint density at radius 3 is 2.35 bits per heavy atom. The fourth-order valence-electron chi connectivity index (χ4n) is 4.15. The van der Waals surface area contributed by atoms with Crippen molar-refractivity contribution in [2.24, 2.45) is 5.92 Å². The number of rotatable bonds is 5. The third-order valence-corrected chi connectivity index (χ3v) is 6.24. The molecule has 2 fully saturated rings. The van der Waals surface area contributed by atoms with Gasteiger partial charge in [0.1, 0.15) is 0 Å². The van der Waals surface area contributed by atoms with Crippen LogP contribution in [0.5, 0.6) is 0 Å². The number of piperidine rings is 1. The Morgan fingerprint density at radius 1 is 0.968 bits per heavy atom. The molecule has 0 unspecified atom stereocenters. The Labute approximate surface area is 188 Å². The predicted octanol–water partition coefficient (Wildman–Crippen LogP) is 3.66. The number of anilines is 1. The topological polar surface area (TPSA) is 61.9 Å². The average Bonchev–Trinajstić information content (AvgIpc) is 2.81. The summed E-state index contributed by atoms with van der Waals surface area (Å²) in [5, 5.41) is 3.76. The molecular formula is C24H28ClN3O3. The zero-order chi connectivity index (χ0) is 21.6. The number of hydrogen-bond acceptors (Lipinski definition) is 4. The average molecular weight is 442 g/mol. The van der Waals surface area contributed by atoms with Crippen LogP contribution in [0.3, 0.4) is 0 Å². The number of carbonyl (C=O) groups excluding carboxylic acids is 2. The van der Waals surface area contributed by atoms with Gasteiger partial charge in [0.25, 0.3) is 5.91 Å². The van der Waals surface area contributed by atoms with Crippen molar-refractivity contribution >= 4 is 29.1 Å². The van der Waals surface area contributed by atoms with E-state index in [0.29, 0.717) is 37.6 Å². The van der Waals surface area contributed by atoms with Crippen LogP contribution in [0, 0.1) is 5.92 Å². The van der Waals surface area contributed by atoms with Gasteiger partial charge in [-0.2, -0.15) is 0 Å². The second kappa shape index (κ2) is 10.3. The van der Waals surface area contributed by atoms with Gasteiger partial charge >= 0.3 is 0 Å². The SMILES string of the molecule is O=C(Nc1ccccc1C(=O)N1CCOCC1)C1CCN(Cc2ccc(Cl)cc2)CC1. The van der Waals surface area contributed by atoms with Crippen molar-refractivity contribution in [2.75, 3.05) is 44.7 Å². The lowest BCUT2D eigenvalue weighted by molar-refractivity contribution is -0.121. The lowest BCUT2D eigenvalue weighted by Gasteiger charge is -2.31. The van der Waals surface area contributed by atoms with Crippen molar-refractivity contribution < 1.29 is 14.3 Å². The molecule has 31 heavy (non-hydrogen) atoms. The molecule has 0 atom stereocenters. The van der Waals surface area contributed by atoms with Gasteiger partial charge in [0.05, 0.1) is 24.5 Å². The normalized spacial score (nSPS) is 18.0. The monoisotopic (exact) mass is 441 g/mol. The van der Waals surface area contributed by atoms with Crippen molar-refractivity contribution in [3.63, 3.8) is 0 Å². The van der Waals surface area contributed by atoms with Crippen LogP contribution in [-0.4, -0.2) is 61.0 Å². The van der Waals surface area contributed by atoms with Gasteiger partial charge in [-0.05, 0) is 55.8 Å². The van der Waals surface area contributed by atoms with E-state index in [0.717, 1.165) is 37.5 Å². The molecule has 2 aromatic carbocycles. The number of benzene rings is 2. The van der Waals surface area contributed by atoms with E-state index >= 15 is 0 Å². The van der Waals surface area contributed by atoms with Crippen LogP contribution in [-0.2, 0) is 16.1 Å². The third-order valence-electron chi connectivity index (χ3n) is 5.99. The lowest BCUT2D eigenvalue weighted by atomic mass is 9.95. The number of para-hydroxylation sites is 1. The number of nitrogens with one attached hydrogen (secondary N) is 1. The van der Waals surface area contributed by atoms with Crippen molar-refractivity contribution in [1.29, 1.82) is 0 Å². The Balaban J connectivity index is 1.33. The van der Waals surface area contributed by atoms with Crippen molar-refractivity contribution in [1.82, 2.24) is 9.80 Å². The highest BCUT2D eigenvalue weighted by atomic mass is 35.5. The van der Waals surface area contributed by atoms with Gasteiger partial charge in [-0.15, -0.1) is 0 Å². The molecule has 2 amide bonds. The summed E-state index contributed by atoms with van der Waals surface area (Å²) >= 11 is 5.96. The summed E-state index contributed by atoms with van der Waals surface area (Å²) in [7, 11) is 0. The predicted molar refractivity (Wildman–Crippen MR) is 121 cm³/mol. The number of morpholine rings is 1. The van der Waals surface area contributed by atoms with Crippen molar-refractivity contribution in [2.45, 2.75) is 19.4 Å². The van der Waals surface area contributed by atoms with E-state index in [9.17, 15) is 9.59 Å². The van der Waals surface area contributed by atoms with Crippen molar-refractivity contribution in [3.05, 3.63) is 64.7 Å². The third kappa shape index (κ3) is 5.64. The van der Waals surface area contributed by atoms with E-state index in [1.165, 1.54) is 5.56 Å². The molecule has 1 N–H and O–H groups in total. The number of amides is 2. The van der Waals surface area contributed by atoms with Gasteiger partial charge in [0, 0.05) is 30.6 Å². The molecule has 2 aliphatic heterocycles. The molecule has 0 spiro atoms. The van der Waals surface area contributed by atoms with E-state index in [4.69, 9.17) is 16.3 Å². The van der Waals surface area contributed by atoms with E-state index in [1.807, 2.05) is 36.4 Å². The first kappa shape index (κ1) is 21.8. The van der Waals surface area contributed by atoms with Crippen LogP contribution in [0.2, 0.25) is 5.02 Å². The van der Waals surface area contributed by atoms with E-state index in [1.54, 1.807) is 17.0 Å². The van der Waals surface area contributed by atoms with E-state index in [-0.39, 0.29) is 17.7 Å². The molecule has 164 valence electrons. The molecule has 2 aliphatic rings. The first-order valence-electron chi connectivity index (χ1n) is 10.8. The van der Waals surface area contributed by atoms with Gasteiger partial charge in [0.15, 0.2) is 0 Å². The molecule has 6 nitrogen and oxygen atoms in total. The molecular weight excluding hydrogens is 414 g/mol. The minimum atomic E-state index is -0.0583. The van der Waals surface area contributed by atoms with Crippen LogP contribution in [0.1, 0.15) is 28.8 Å². The molecule has 2 aromatic rings. The maximum absolute atomic E-state index is 12.9. The Kier molecular flexibility index (Phi) is 7.22. The van der Waals surface area contributed by atoms with E-state index in [2.05, 4.69) is 10.2 Å². The second-order valence-electron chi connectivity index (χ2n) is 8.12. The smallest absolute Gasteiger partial charge is 0.256 e. The summed E-state index contributed by atoms with van der Waals surface area (Å²) < 4.78 is 5.34. The molecule has 4 rings (SSSR count). The molecule has 7 heteroatoms. The Bertz CT molecular complexity index is 905.